The summed E-state index contributed by atoms with van der Waals surface area (Å²) in [5, 5.41) is 5.95. The molecule has 36 heavy (non-hydrogen) atoms. The van der Waals surface area contributed by atoms with Crippen molar-refractivity contribution in [3.63, 3.8) is 0 Å². The number of hydrogen-bond acceptors (Lipinski definition) is 5. The van der Waals surface area contributed by atoms with Crippen molar-refractivity contribution in [2.24, 2.45) is 5.41 Å². The van der Waals surface area contributed by atoms with Crippen LogP contribution in [0.15, 0.2) is 41.8 Å². The smallest absolute Gasteiger partial charge is 0.248 e. The van der Waals surface area contributed by atoms with Crippen LogP contribution in [-0.4, -0.2) is 30.3 Å². The van der Waals surface area contributed by atoms with E-state index >= 15 is 0 Å². The predicted octanol–water partition coefficient (Wildman–Crippen LogP) is 7.13. The highest BCUT2D eigenvalue weighted by Gasteiger charge is 2.44. The monoisotopic (exact) mass is 508 g/mol. The molecule has 1 unspecified atom stereocenters. The number of carbonyl (C=O) groups excluding carboxylic acids is 1. The topological polar surface area (TPSA) is 50.8 Å². The first kappa shape index (κ1) is 25.3. The van der Waals surface area contributed by atoms with Gasteiger partial charge in [-0.1, -0.05) is 63.5 Å². The molecule has 1 N–H and O–H groups in total. The zero-order valence-corrected chi connectivity index (χ0v) is 22.2. The van der Waals surface area contributed by atoms with Gasteiger partial charge in [0.1, 0.15) is 0 Å². The van der Waals surface area contributed by atoms with Crippen LogP contribution in [0, 0.1) is 5.41 Å². The summed E-state index contributed by atoms with van der Waals surface area (Å²) >= 11 is 1.74. The highest BCUT2D eigenvalue weighted by Crippen LogP contribution is 2.44. The fourth-order valence-corrected chi connectivity index (χ4v) is 6.99. The van der Waals surface area contributed by atoms with Crippen LogP contribution in [0.4, 0.5) is 0 Å². The number of nitrogens with zero attached hydrogens (tertiary/aromatic N) is 1. The summed E-state index contributed by atoms with van der Waals surface area (Å²) in [5.41, 5.74) is 1.10. The molecular weight excluding hydrogens is 468 g/mol. The van der Waals surface area contributed by atoms with Crippen molar-refractivity contribution in [3.8, 4) is 11.5 Å². The van der Waals surface area contributed by atoms with Crippen LogP contribution in [0.25, 0.3) is 6.08 Å². The van der Waals surface area contributed by atoms with Gasteiger partial charge < -0.3 is 14.4 Å². The van der Waals surface area contributed by atoms with Gasteiger partial charge in [0.2, 0.25) is 12.7 Å². The van der Waals surface area contributed by atoms with E-state index in [1.54, 1.807) is 17.4 Å². The number of fused-ring (bicyclic) bond motifs is 1. The number of rotatable bonds is 5. The Kier molecular flexibility index (Phi) is 8.65. The largest absolute Gasteiger partial charge is 0.454 e. The van der Waals surface area contributed by atoms with Crippen LogP contribution in [0.5, 0.6) is 11.5 Å². The summed E-state index contributed by atoms with van der Waals surface area (Å²) in [5.74, 6) is 1.58. The summed E-state index contributed by atoms with van der Waals surface area (Å²) in [6.45, 7) is 1.89. The Bertz CT molecular complexity index is 1010. The van der Waals surface area contributed by atoms with E-state index in [2.05, 4.69) is 27.7 Å². The summed E-state index contributed by atoms with van der Waals surface area (Å²) in [6, 6.07) is 10.1. The summed E-state index contributed by atoms with van der Waals surface area (Å²) in [6.07, 6.45) is 19.2. The van der Waals surface area contributed by atoms with Crippen LogP contribution < -0.4 is 14.8 Å². The van der Waals surface area contributed by atoms with Gasteiger partial charge in [0, 0.05) is 16.4 Å². The van der Waals surface area contributed by atoms with E-state index in [0.29, 0.717) is 6.54 Å². The molecule has 1 aromatic carbocycles. The Morgan fingerprint density at radius 2 is 1.69 bits per heavy atom. The molecule has 3 aliphatic rings. The van der Waals surface area contributed by atoms with Gasteiger partial charge in [0.15, 0.2) is 11.5 Å². The minimum Gasteiger partial charge on any atom is -0.454 e. The first-order valence-corrected chi connectivity index (χ1v) is 14.8. The van der Waals surface area contributed by atoms with Crippen molar-refractivity contribution in [2.45, 2.75) is 89.8 Å². The molecule has 2 aromatic rings. The van der Waals surface area contributed by atoms with Crippen LogP contribution in [0.2, 0.25) is 0 Å². The normalized spacial score (nSPS) is 22.4. The minimum absolute atomic E-state index is 0.0722. The zero-order valence-electron chi connectivity index (χ0n) is 21.4. The van der Waals surface area contributed by atoms with Crippen molar-refractivity contribution in [1.82, 2.24) is 10.2 Å². The summed E-state index contributed by atoms with van der Waals surface area (Å²) in [7, 11) is 0. The van der Waals surface area contributed by atoms with Gasteiger partial charge in [-0.3, -0.25) is 10.1 Å². The Morgan fingerprint density at radius 3 is 2.44 bits per heavy atom. The summed E-state index contributed by atoms with van der Waals surface area (Å²) in [4.78, 5) is 17.2. The maximum absolute atomic E-state index is 13.9. The molecule has 0 radical (unpaired) electrons. The van der Waals surface area contributed by atoms with E-state index < -0.39 is 0 Å². The van der Waals surface area contributed by atoms with Crippen molar-refractivity contribution in [2.75, 3.05) is 13.3 Å². The molecule has 5 rings (SSSR count). The van der Waals surface area contributed by atoms with Gasteiger partial charge in [-0.2, -0.15) is 0 Å². The van der Waals surface area contributed by atoms with E-state index in [1.807, 2.05) is 24.3 Å². The van der Waals surface area contributed by atoms with E-state index in [0.717, 1.165) is 23.6 Å². The third-order valence-corrected chi connectivity index (χ3v) is 9.05. The average Bonchev–Trinajstić information content (AvgIpc) is 3.58. The molecule has 1 atom stereocenters. The van der Waals surface area contributed by atoms with Crippen LogP contribution in [0.1, 0.15) is 87.5 Å². The van der Waals surface area contributed by atoms with Crippen molar-refractivity contribution in [1.29, 1.82) is 0 Å². The second-order valence-electron chi connectivity index (χ2n) is 10.6. The lowest BCUT2D eigenvalue weighted by atomic mass is 9.69. The van der Waals surface area contributed by atoms with Gasteiger partial charge in [0.05, 0.1) is 12.7 Å². The number of nitrogens with one attached hydrogen (secondary N) is 1. The molecule has 1 spiro atoms. The quantitative estimate of drug-likeness (QED) is 0.437. The molecule has 5 nitrogen and oxygen atoms in total. The lowest BCUT2D eigenvalue weighted by Crippen LogP contribution is -2.60. The number of ether oxygens (including phenoxy) is 2. The van der Waals surface area contributed by atoms with Crippen molar-refractivity contribution in [3.05, 3.63) is 52.2 Å². The van der Waals surface area contributed by atoms with Gasteiger partial charge in [-0.25, -0.2) is 0 Å². The van der Waals surface area contributed by atoms with Gasteiger partial charge in [-0.05, 0) is 67.4 Å². The molecule has 1 saturated carbocycles. The third-order valence-electron chi connectivity index (χ3n) is 8.18. The number of piperidine rings is 1. The number of hydrogen-bond donors (Lipinski definition) is 1. The standard InChI is InChI=1S/C30H40N2O3S/c33-28(15-13-24-12-14-26-27(21-24)35-23-34-26)32(22-25-11-9-20-36-25)29-30(18-10-19-31-29)16-7-5-3-1-2-4-6-8-17-30/h9,11-15,20-21,29,31H,1-8,10,16-19,22-23H2/b15-13+. The molecule has 1 aliphatic carbocycles. The molecule has 1 saturated heterocycles. The first-order valence-electron chi connectivity index (χ1n) is 13.9. The highest BCUT2D eigenvalue weighted by molar-refractivity contribution is 7.09. The minimum atomic E-state index is 0.0722. The lowest BCUT2D eigenvalue weighted by Gasteiger charge is -2.50. The molecule has 2 aliphatic heterocycles. The number of benzene rings is 1. The summed E-state index contributed by atoms with van der Waals surface area (Å²) < 4.78 is 11.0. The molecule has 194 valence electrons. The molecule has 0 bridgehead atoms. The number of carbonyl (C=O) groups is 1. The maximum Gasteiger partial charge on any atom is 0.248 e. The van der Waals surface area contributed by atoms with Gasteiger partial charge in [-0.15, -0.1) is 11.3 Å². The molecule has 6 heteroatoms. The second kappa shape index (κ2) is 12.3. The van der Waals surface area contributed by atoms with E-state index in [4.69, 9.17) is 9.47 Å². The molecule has 2 fully saturated rings. The second-order valence-corrected chi connectivity index (χ2v) is 11.7. The highest BCUT2D eigenvalue weighted by atomic mass is 32.1. The fraction of sp³-hybridized carbons (Fsp3) is 0.567. The van der Waals surface area contributed by atoms with Crippen molar-refractivity contribution < 1.29 is 14.3 Å². The average molecular weight is 509 g/mol. The Hall–Kier alpha value is -2.31. The van der Waals surface area contributed by atoms with Gasteiger partial charge >= 0.3 is 0 Å². The van der Waals surface area contributed by atoms with Crippen molar-refractivity contribution >= 4 is 23.3 Å². The zero-order chi connectivity index (χ0) is 24.6. The Labute approximate surface area is 219 Å². The Morgan fingerprint density at radius 1 is 0.972 bits per heavy atom. The fourth-order valence-electron chi connectivity index (χ4n) is 6.28. The van der Waals surface area contributed by atoms with E-state index in [1.165, 1.54) is 81.9 Å². The van der Waals surface area contributed by atoms with Crippen LogP contribution in [0.3, 0.4) is 0 Å². The molecule has 1 amide bonds. The molecule has 3 heterocycles. The molecular formula is C30H40N2O3S. The predicted molar refractivity (Wildman–Crippen MR) is 146 cm³/mol. The van der Waals surface area contributed by atoms with E-state index in [-0.39, 0.29) is 24.3 Å². The van der Waals surface area contributed by atoms with E-state index in [9.17, 15) is 4.79 Å². The SMILES string of the molecule is O=C(/C=C/c1ccc2c(c1)OCO2)N(Cc1cccs1)C1NCCCC12CCCCCCCCCC2. The number of amides is 1. The Balaban J connectivity index is 1.40. The third kappa shape index (κ3) is 6.15. The number of thiophene rings is 1. The van der Waals surface area contributed by atoms with Gasteiger partial charge in [0.25, 0.3) is 0 Å². The van der Waals surface area contributed by atoms with Crippen LogP contribution >= 0.6 is 11.3 Å². The first-order chi connectivity index (χ1) is 17.7. The maximum atomic E-state index is 13.9. The lowest BCUT2D eigenvalue weighted by molar-refractivity contribution is -0.135. The van der Waals surface area contributed by atoms with Crippen LogP contribution in [-0.2, 0) is 11.3 Å². The molecule has 1 aromatic heterocycles.